The largest absolute Gasteiger partial charge is 0.420 e. The summed E-state index contributed by atoms with van der Waals surface area (Å²) in [5.41, 5.74) is 3.43. The Hall–Kier alpha value is -3.03. The molecule has 4 rings (SSSR count). The number of non-ortho nitro benzene ring substituents is 1. The summed E-state index contributed by atoms with van der Waals surface area (Å²) in [6, 6.07) is 18.2. The van der Waals surface area contributed by atoms with Gasteiger partial charge in [-0.05, 0) is 84.8 Å². The summed E-state index contributed by atoms with van der Waals surface area (Å²) in [7, 11) is 0.146. The highest BCUT2D eigenvalue weighted by atomic mass is 28.4. The zero-order chi connectivity index (χ0) is 25.2. The van der Waals surface area contributed by atoms with Crippen LogP contribution in [0.4, 0.5) is 5.69 Å². The van der Waals surface area contributed by atoms with Gasteiger partial charge < -0.3 is 9.74 Å². The predicted molar refractivity (Wildman–Crippen MR) is 142 cm³/mol. The second kappa shape index (κ2) is 10.3. The van der Waals surface area contributed by atoms with Gasteiger partial charge in [0.1, 0.15) is 0 Å². The molecular weight excluding hydrogens is 456 g/mol. The summed E-state index contributed by atoms with van der Waals surface area (Å²) in [6.07, 6.45) is 4.04. The Labute approximate surface area is 208 Å². The summed E-state index contributed by atoms with van der Waals surface area (Å²) in [5.74, 6) is 0.0258. The Morgan fingerprint density at radius 2 is 1.94 bits per heavy atom. The highest BCUT2D eigenvalue weighted by molar-refractivity contribution is 6.71. The maximum Gasteiger partial charge on any atom is 0.270 e. The van der Waals surface area contributed by atoms with Crippen LogP contribution in [-0.2, 0) is 10.8 Å². The summed E-state index contributed by atoms with van der Waals surface area (Å²) in [4.78, 5) is 24.4. The molecule has 0 saturated heterocycles. The van der Waals surface area contributed by atoms with E-state index in [2.05, 4.69) is 42.7 Å². The first-order valence-corrected chi connectivity index (χ1v) is 15.4. The molecular formula is C28H34N2O4Si. The van der Waals surface area contributed by atoms with Gasteiger partial charge in [0.05, 0.1) is 11.0 Å². The van der Waals surface area contributed by atoms with Crippen LogP contribution >= 0.6 is 0 Å². The van der Waals surface area contributed by atoms with E-state index < -0.39 is 13.2 Å². The smallest absolute Gasteiger partial charge is 0.270 e. The van der Waals surface area contributed by atoms with Gasteiger partial charge in [0.15, 0.2) is 8.32 Å². The van der Waals surface area contributed by atoms with Gasteiger partial charge in [-0.1, -0.05) is 42.8 Å². The lowest BCUT2D eigenvalue weighted by molar-refractivity contribution is -0.384. The first-order chi connectivity index (χ1) is 16.7. The molecule has 0 aliphatic heterocycles. The van der Waals surface area contributed by atoms with Crippen LogP contribution in [0.2, 0.25) is 19.1 Å². The van der Waals surface area contributed by atoms with Crippen LogP contribution in [0.15, 0.2) is 54.6 Å². The molecule has 1 aliphatic rings. The van der Waals surface area contributed by atoms with Crippen molar-refractivity contribution in [2.24, 2.45) is 5.92 Å². The minimum atomic E-state index is -1.66. The number of nitro groups is 1. The van der Waals surface area contributed by atoms with Crippen LogP contribution in [0.5, 0.6) is 0 Å². The average Bonchev–Trinajstić information content (AvgIpc) is 2.84. The standard InChI is InChI=1S/C28H34N2O4Si/c1-19-16-23(18-24(17-19)30(32)33)28(31)29-27-22(9-7-15-35(3,4)34-2)14-13-21-12-11-20-8-5-6-10-25(20)26(21)27/h5-6,8,10-12,16-18,22,27H,7,9,13-15H2,1-4H3,(H,29,31)/t22-,27-/m0/s1. The predicted octanol–water partition coefficient (Wildman–Crippen LogP) is 6.72. The maximum atomic E-state index is 13.5. The van der Waals surface area contributed by atoms with Gasteiger partial charge in [0.2, 0.25) is 0 Å². The molecule has 35 heavy (non-hydrogen) atoms. The number of carbonyl (C=O) groups is 1. The lowest BCUT2D eigenvalue weighted by Gasteiger charge is -2.36. The fraction of sp³-hybridized carbons (Fsp3) is 0.393. The van der Waals surface area contributed by atoms with Gasteiger partial charge in [0.25, 0.3) is 11.6 Å². The van der Waals surface area contributed by atoms with Crippen molar-refractivity contribution in [3.05, 3.63) is 87.0 Å². The van der Waals surface area contributed by atoms with Crippen molar-refractivity contribution in [1.29, 1.82) is 0 Å². The Bertz CT molecular complexity index is 1260. The van der Waals surface area contributed by atoms with E-state index in [-0.39, 0.29) is 17.6 Å². The molecule has 0 unspecified atom stereocenters. The highest BCUT2D eigenvalue weighted by Gasteiger charge is 2.33. The second-order valence-electron chi connectivity index (χ2n) is 10.3. The molecule has 0 spiro atoms. The number of rotatable bonds is 8. The summed E-state index contributed by atoms with van der Waals surface area (Å²) >= 11 is 0. The molecule has 0 heterocycles. The first kappa shape index (κ1) is 25.1. The van der Waals surface area contributed by atoms with Crippen molar-refractivity contribution in [1.82, 2.24) is 5.32 Å². The van der Waals surface area contributed by atoms with E-state index in [1.165, 1.54) is 28.6 Å². The molecule has 6 nitrogen and oxygen atoms in total. The molecule has 3 aromatic carbocycles. The van der Waals surface area contributed by atoms with E-state index in [0.717, 1.165) is 37.1 Å². The number of hydrogen-bond acceptors (Lipinski definition) is 4. The number of amides is 1. The van der Waals surface area contributed by atoms with Crippen LogP contribution in [0, 0.1) is 23.0 Å². The Morgan fingerprint density at radius 3 is 2.69 bits per heavy atom. The molecule has 1 N–H and O–H groups in total. The van der Waals surface area contributed by atoms with Crippen molar-refractivity contribution in [3.8, 4) is 0 Å². The first-order valence-electron chi connectivity index (χ1n) is 12.3. The highest BCUT2D eigenvalue weighted by Crippen LogP contribution is 2.41. The molecule has 0 radical (unpaired) electrons. The Kier molecular flexibility index (Phi) is 7.38. The lowest BCUT2D eigenvalue weighted by Crippen LogP contribution is -2.37. The van der Waals surface area contributed by atoms with Gasteiger partial charge >= 0.3 is 0 Å². The molecule has 2 atom stereocenters. The van der Waals surface area contributed by atoms with Gasteiger partial charge in [0, 0.05) is 24.8 Å². The number of aryl methyl sites for hydroxylation is 2. The second-order valence-corrected chi connectivity index (χ2v) is 14.7. The van der Waals surface area contributed by atoms with E-state index in [9.17, 15) is 14.9 Å². The summed E-state index contributed by atoms with van der Waals surface area (Å²) in [5, 5.41) is 17.0. The van der Waals surface area contributed by atoms with Crippen LogP contribution in [0.3, 0.4) is 0 Å². The van der Waals surface area contributed by atoms with E-state index in [0.29, 0.717) is 17.0 Å². The van der Waals surface area contributed by atoms with Crippen LogP contribution < -0.4 is 5.32 Å². The SMILES string of the molecule is CO[Si](C)(C)CCC[C@H]1CCc2ccc3ccccc3c2[C@H]1NC(=O)c1cc(C)cc([N+](=O)[O-])c1. The topological polar surface area (TPSA) is 81.5 Å². The molecule has 1 aliphatic carbocycles. The number of fused-ring (bicyclic) bond motifs is 3. The third-order valence-electron chi connectivity index (χ3n) is 7.36. The Balaban J connectivity index is 1.69. The molecule has 7 heteroatoms. The maximum absolute atomic E-state index is 13.5. The number of benzene rings is 3. The van der Waals surface area contributed by atoms with E-state index in [1.54, 1.807) is 20.1 Å². The van der Waals surface area contributed by atoms with Crippen molar-refractivity contribution < 1.29 is 14.1 Å². The van der Waals surface area contributed by atoms with Gasteiger partial charge in [-0.15, -0.1) is 0 Å². The van der Waals surface area contributed by atoms with Crippen LogP contribution in [0.1, 0.15) is 52.4 Å². The summed E-state index contributed by atoms with van der Waals surface area (Å²) in [6.45, 7) is 6.25. The zero-order valence-corrected chi connectivity index (χ0v) is 22.0. The van der Waals surface area contributed by atoms with Crippen LogP contribution in [-0.4, -0.2) is 26.3 Å². The molecule has 3 aromatic rings. The number of hydrogen-bond donors (Lipinski definition) is 1. The number of nitrogens with zero attached hydrogens (tertiary/aromatic N) is 1. The molecule has 0 bridgehead atoms. The van der Waals surface area contributed by atoms with Crippen molar-refractivity contribution in [2.45, 2.75) is 57.8 Å². The van der Waals surface area contributed by atoms with Gasteiger partial charge in [-0.2, -0.15) is 0 Å². The fourth-order valence-corrected chi connectivity index (χ4v) is 6.55. The van der Waals surface area contributed by atoms with Gasteiger partial charge in [-0.25, -0.2) is 0 Å². The molecule has 184 valence electrons. The molecule has 0 saturated carbocycles. The minimum absolute atomic E-state index is 0.0621. The zero-order valence-electron chi connectivity index (χ0n) is 21.0. The van der Waals surface area contributed by atoms with Crippen LogP contribution in [0.25, 0.3) is 10.8 Å². The number of nitro benzene ring substituents is 1. The molecule has 0 aromatic heterocycles. The Morgan fingerprint density at radius 1 is 1.17 bits per heavy atom. The molecule has 0 fully saturated rings. The van der Waals surface area contributed by atoms with E-state index >= 15 is 0 Å². The van der Waals surface area contributed by atoms with E-state index in [4.69, 9.17) is 4.43 Å². The number of carbonyl (C=O) groups excluding carboxylic acids is 1. The van der Waals surface area contributed by atoms with Crippen molar-refractivity contribution in [2.75, 3.05) is 7.11 Å². The quantitative estimate of drug-likeness (QED) is 0.216. The monoisotopic (exact) mass is 490 g/mol. The third-order valence-corrected chi connectivity index (χ3v) is 10.0. The summed E-state index contributed by atoms with van der Waals surface area (Å²) < 4.78 is 5.75. The fourth-order valence-electron chi connectivity index (χ4n) is 5.29. The van der Waals surface area contributed by atoms with Crippen molar-refractivity contribution >= 4 is 30.7 Å². The minimum Gasteiger partial charge on any atom is -0.420 e. The third kappa shape index (κ3) is 5.62. The normalized spacial score (nSPS) is 17.7. The van der Waals surface area contributed by atoms with E-state index in [1.807, 2.05) is 12.1 Å². The molecule has 1 amide bonds. The average molecular weight is 491 g/mol. The lowest BCUT2D eigenvalue weighted by atomic mass is 9.75. The van der Waals surface area contributed by atoms with Crippen molar-refractivity contribution in [3.63, 3.8) is 0 Å². The number of nitrogens with one attached hydrogen (secondary N) is 1. The van der Waals surface area contributed by atoms with Gasteiger partial charge in [-0.3, -0.25) is 14.9 Å².